The molecule has 140 valence electrons. The van der Waals surface area contributed by atoms with Crippen LogP contribution in [0.2, 0.25) is 0 Å². The lowest BCUT2D eigenvalue weighted by Gasteiger charge is -2.35. The second kappa shape index (κ2) is 7.17. The van der Waals surface area contributed by atoms with E-state index in [1.807, 2.05) is 0 Å². The van der Waals surface area contributed by atoms with Crippen molar-refractivity contribution in [1.29, 1.82) is 0 Å². The zero-order valence-corrected chi connectivity index (χ0v) is 15.6. The molecule has 0 aromatic carbocycles. The third-order valence-electron chi connectivity index (χ3n) is 4.25. The molecule has 1 amide bonds. The van der Waals surface area contributed by atoms with Gasteiger partial charge in [-0.15, -0.1) is 11.3 Å². The highest BCUT2D eigenvalue weighted by atomic mass is 32.2. The molecule has 0 saturated carbocycles. The lowest BCUT2D eigenvalue weighted by atomic mass is 10.2. The van der Waals surface area contributed by atoms with Crippen LogP contribution in [0, 0.1) is 0 Å². The smallest absolute Gasteiger partial charge is 0.354 e. The largest absolute Gasteiger partial charge is 0.477 e. The van der Waals surface area contributed by atoms with Crippen molar-refractivity contribution in [3.8, 4) is 0 Å². The predicted molar refractivity (Wildman–Crippen MR) is 93.6 cm³/mol. The van der Waals surface area contributed by atoms with Crippen LogP contribution in [-0.4, -0.2) is 70.6 Å². The fraction of sp³-hybridized carbons (Fsp3) is 0.400. The van der Waals surface area contributed by atoms with E-state index in [1.165, 1.54) is 21.3 Å². The van der Waals surface area contributed by atoms with Crippen LogP contribution in [0.15, 0.2) is 34.0 Å². The number of carboxylic acid groups (broad SMARTS) is 1. The van der Waals surface area contributed by atoms with Gasteiger partial charge in [0.2, 0.25) is 5.91 Å². The molecule has 0 spiro atoms. The molecule has 0 aliphatic carbocycles. The van der Waals surface area contributed by atoms with E-state index in [1.54, 1.807) is 29.3 Å². The molecule has 1 aliphatic rings. The van der Waals surface area contributed by atoms with Crippen LogP contribution in [0.4, 0.5) is 0 Å². The molecular formula is C15H18N4O5S2. The zero-order chi connectivity index (χ0) is 18.9. The van der Waals surface area contributed by atoms with Gasteiger partial charge in [-0.2, -0.15) is 9.40 Å². The minimum absolute atomic E-state index is 0.0650. The number of aromatic carboxylic acids is 1. The molecule has 2 aromatic heterocycles. The van der Waals surface area contributed by atoms with Crippen LogP contribution < -0.4 is 0 Å². The number of amides is 1. The van der Waals surface area contributed by atoms with Crippen molar-refractivity contribution in [2.75, 3.05) is 26.2 Å². The van der Waals surface area contributed by atoms with Crippen LogP contribution in [0.25, 0.3) is 0 Å². The first-order valence-electron chi connectivity index (χ1n) is 7.91. The molecule has 9 nitrogen and oxygen atoms in total. The average molecular weight is 398 g/mol. The van der Waals surface area contributed by atoms with Crippen molar-refractivity contribution in [1.82, 2.24) is 19.0 Å². The molecule has 3 rings (SSSR count). The second-order valence-electron chi connectivity index (χ2n) is 5.80. The quantitative estimate of drug-likeness (QED) is 0.795. The summed E-state index contributed by atoms with van der Waals surface area (Å²) in [5, 5.41) is 14.8. The van der Waals surface area contributed by atoms with Crippen LogP contribution in [0.5, 0.6) is 0 Å². The van der Waals surface area contributed by atoms with Crippen LogP contribution in [0.1, 0.15) is 23.5 Å². The third kappa shape index (κ3) is 3.37. The Labute approximate surface area is 154 Å². The lowest BCUT2D eigenvalue weighted by Crippen LogP contribution is -2.51. The number of thiophene rings is 1. The molecule has 1 aliphatic heterocycles. The Morgan fingerprint density at radius 3 is 2.50 bits per heavy atom. The molecule has 1 fully saturated rings. The average Bonchev–Trinajstić information content (AvgIpc) is 3.32. The van der Waals surface area contributed by atoms with Gasteiger partial charge in [0.05, 0.1) is 0 Å². The summed E-state index contributed by atoms with van der Waals surface area (Å²) in [5.41, 5.74) is -0.0650. The Bertz CT molecular complexity index is 898. The molecule has 0 bridgehead atoms. The number of carbonyl (C=O) groups is 2. The van der Waals surface area contributed by atoms with E-state index < -0.39 is 22.0 Å². The van der Waals surface area contributed by atoms with Crippen LogP contribution >= 0.6 is 11.3 Å². The Kier molecular flexibility index (Phi) is 5.12. The normalized spacial score (nSPS) is 17.2. The molecule has 26 heavy (non-hydrogen) atoms. The van der Waals surface area contributed by atoms with E-state index in [2.05, 4.69) is 5.10 Å². The zero-order valence-electron chi connectivity index (χ0n) is 14.0. The maximum Gasteiger partial charge on any atom is 0.354 e. The maximum atomic E-state index is 12.7. The number of piperazine rings is 1. The molecule has 3 heterocycles. The van der Waals surface area contributed by atoms with E-state index in [-0.39, 0.29) is 42.0 Å². The number of hydrogen-bond donors (Lipinski definition) is 1. The summed E-state index contributed by atoms with van der Waals surface area (Å²) < 4.78 is 27.9. The predicted octanol–water partition coefficient (Wildman–Crippen LogP) is 0.737. The third-order valence-corrected chi connectivity index (χ3v) is 7.52. The molecule has 1 unspecified atom stereocenters. The number of sulfonamides is 1. The van der Waals surface area contributed by atoms with Gasteiger partial charge in [0.25, 0.3) is 10.0 Å². The summed E-state index contributed by atoms with van der Waals surface area (Å²) in [4.78, 5) is 25.4. The minimum atomic E-state index is -3.53. The van der Waals surface area contributed by atoms with Crippen LogP contribution in [-0.2, 0) is 14.8 Å². The van der Waals surface area contributed by atoms with Gasteiger partial charge in [-0.25, -0.2) is 17.9 Å². The summed E-state index contributed by atoms with van der Waals surface area (Å²) in [6.45, 7) is 2.47. The molecule has 2 aromatic rings. The number of carboxylic acids is 1. The fourth-order valence-corrected chi connectivity index (χ4v) is 5.41. The Morgan fingerprint density at radius 1 is 1.23 bits per heavy atom. The van der Waals surface area contributed by atoms with Gasteiger partial charge in [0, 0.05) is 32.4 Å². The van der Waals surface area contributed by atoms with E-state index in [0.29, 0.717) is 0 Å². The first-order valence-corrected chi connectivity index (χ1v) is 10.2. The van der Waals surface area contributed by atoms with Crippen molar-refractivity contribution < 1.29 is 23.1 Å². The summed E-state index contributed by atoms with van der Waals surface area (Å²) >= 11 is 1.16. The van der Waals surface area contributed by atoms with E-state index in [0.717, 1.165) is 11.3 Å². The monoisotopic (exact) mass is 398 g/mol. The molecular weight excluding hydrogens is 380 g/mol. The van der Waals surface area contributed by atoms with Gasteiger partial charge < -0.3 is 10.0 Å². The van der Waals surface area contributed by atoms with Crippen molar-refractivity contribution in [3.05, 3.63) is 35.5 Å². The van der Waals surface area contributed by atoms with Crippen molar-refractivity contribution in [3.63, 3.8) is 0 Å². The number of nitrogens with zero attached hydrogens (tertiary/aromatic N) is 4. The molecule has 0 radical (unpaired) electrons. The second-order valence-corrected chi connectivity index (χ2v) is 8.92. The highest BCUT2D eigenvalue weighted by molar-refractivity contribution is 7.91. The van der Waals surface area contributed by atoms with E-state index in [4.69, 9.17) is 5.11 Å². The summed E-state index contributed by atoms with van der Waals surface area (Å²) in [6, 6.07) is 3.79. The SMILES string of the molecule is CC(C(=O)N1CCN(S(=O)(=O)c2cccs2)CC1)n1nccc1C(=O)O. The topological polar surface area (TPSA) is 113 Å². The van der Waals surface area contributed by atoms with E-state index >= 15 is 0 Å². The Hall–Kier alpha value is -2.24. The Morgan fingerprint density at radius 2 is 1.92 bits per heavy atom. The summed E-state index contributed by atoms with van der Waals surface area (Å²) in [7, 11) is -3.53. The molecule has 1 N–H and O–H groups in total. The molecule has 1 saturated heterocycles. The Balaban J connectivity index is 1.67. The molecule has 11 heteroatoms. The standard InChI is InChI=1S/C15H18N4O5S2/c1-11(19-12(15(21)22)4-5-16-19)14(20)17-6-8-18(9-7-17)26(23,24)13-3-2-10-25-13/h2-5,10-11H,6-9H2,1H3,(H,21,22). The van der Waals surface area contributed by atoms with Gasteiger partial charge in [-0.05, 0) is 24.4 Å². The van der Waals surface area contributed by atoms with Gasteiger partial charge in [0.15, 0.2) is 0 Å². The summed E-state index contributed by atoms with van der Waals surface area (Å²) in [5.74, 6) is -1.45. The van der Waals surface area contributed by atoms with Crippen molar-refractivity contribution in [2.45, 2.75) is 17.2 Å². The van der Waals surface area contributed by atoms with Crippen LogP contribution in [0.3, 0.4) is 0 Å². The number of aromatic nitrogens is 2. The minimum Gasteiger partial charge on any atom is -0.477 e. The maximum absolute atomic E-state index is 12.7. The van der Waals surface area contributed by atoms with Crippen molar-refractivity contribution >= 4 is 33.2 Å². The highest BCUT2D eigenvalue weighted by Crippen LogP contribution is 2.23. The first-order chi connectivity index (χ1) is 12.3. The summed E-state index contributed by atoms with van der Waals surface area (Å²) in [6.07, 6.45) is 1.33. The van der Waals surface area contributed by atoms with E-state index in [9.17, 15) is 18.0 Å². The van der Waals surface area contributed by atoms with Gasteiger partial charge in [-0.3, -0.25) is 4.79 Å². The number of hydrogen-bond acceptors (Lipinski definition) is 6. The highest BCUT2D eigenvalue weighted by Gasteiger charge is 2.33. The van der Waals surface area contributed by atoms with Gasteiger partial charge in [0.1, 0.15) is 15.9 Å². The molecule has 1 atom stereocenters. The lowest BCUT2D eigenvalue weighted by molar-refractivity contribution is -0.135. The number of carbonyl (C=O) groups excluding carboxylic acids is 1. The van der Waals surface area contributed by atoms with Gasteiger partial charge in [-0.1, -0.05) is 6.07 Å². The number of rotatable bonds is 5. The fourth-order valence-electron chi connectivity index (χ4n) is 2.85. The van der Waals surface area contributed by atoms with Crippen molar-refractivity contribution in [2.24, 2.45) is 0 Å². The first kappa shape index (κ1) is 18.5. The van der Waals surface area contributed by atoms with Gasteiger partial charge >= 0.3 is 5.97 Å².